The van der Waals surface area contributed by atoms with Gasteiger partial charge in [-0.2, -0.15) is 0 Å². The molecule has 130 valence electrons. The summed E-state index contributed by atoms with van der Waals surface area (Å²) in [6.45, 7) is 0. The van der Waals surface area contributed by atoms with E-state index in [1.165, 1.54) is 7.11 Å². The third-order valence-electron chi connectivity index (χ3n) is 3.67. The highest BCUT2D eigenvalue weighted by atomic mass is 16.5. The van der Waals surface area contributed by atoms with Crippen LogP contribution in [0, 0.1) is 0 Å². The zero-order chi connectivity index (χ0) is 18.4. The van der Waals surface area contributed by atoms with Gasteiger partial charge in [-0.3, -0.25) is 4.79 Å². The second-order valence-electron chi connectivity index (χ2n) is 5.43. The van der Waals surface area contributed by atoms with E-state index in [-0.39, 0.29) is 17.0 Å². The summed E-state index contributed by atoms with van der Waals surface area (Å²) in [4.78, 5) is 24.3. The Hall–Kier alpha value is -3.60. The fourth-order valence-electron chi connectivity index (χ4n) is 2.40. The van der Waals surface area contributed by atoms with Crippen LogP contribution in [0.15, 0.2) is 78.9 Å². The Labute approximate surface area is 151 Å². The van der Waals surface area contributed by atoms with Crippen molar-refractivity contribution >= 4 is 17.6 Å². The number of anilines is 1. The van der Waals surface area contributed by atoms with Crippen LogP contribution in [0.5, 0.6) is 11.5 Å². The molecule has 26 heavy (non-hydrogen) atoms. The van der Waals surface area contributed by atoms with E-state index >= 15 is 0 Å². The van der Waals surface area contributed by atoms with Crippen molar-refractivity contribution in [2.24, 2.45) is 0 Å². The van der Waals surface area contributed by atoms with Gasteiger partial charge < -0.3 is 14.8 Å². The highest BCUT2D eigenvalue weighted by molar-refractivity contribution is 6.11. The number of para-hydroxylation sites is 1. The van der Waals surface area contributed by atoms with Crippen LogP contribution >= 0.6 is 0 Å². The van der Waals surface area contributed by atoms with E-state index < -0.39 is 5.97 Å². The Morgan fingerprint density at radius 1 is 0.731 bits per heavy atom. The number of carbonyl (C=O) groups excluding carboxylic acids is 2. The zero-order valence-electron chi connectivity index (χ0n) is 14.1. The maximum absolute atomic E-state index is 12.5. The molecule has 0 saturated carbocycles. The van der Waals surface area contributed by atoms with E-state index in [1.54, 1.807) is 48.5 Å². The van der Waals surface area contributed by atoms with Crippen LogP contribution in [0.25, 0.3) is 0 Å². The molecular weight excluding hydrogens is 330 g/mol. The number of esters is 1. The molecule has 3 aromatic carbocycles. The lowest BCUT2D eigenvalue weighted by Crippen LogP contribution is -2.17. The highest BCUT2D eigenvalue weighted by Gasteiger charge is 2.17. The largest absolute Gasteiger partial charge is 0.465 e. The molecule has 0 aliphatic rings. The summed E-state index contributed by atoms with van der Waals surface area (Å²) >= 11 is 0. The van der Waals surface area contributed by atoms with E-state index in [9.17, 15) is 9.59 Å². The number of hydrogen-bond acceptors (Lipinski definition) is 4. The lowest BCUT2D eigenvalue weighted by Gasteiger charge is -2.10. The van der Waals surface area contributed by atoms with E-state index in [1.807, 2.05) is 30.3 Å². The van der Waals surface area contributed by atoms with Gasteiger partial charge in [-0.25, -0.2) is 4.79 Å². The van der Waals surface area contributed by atoms with Gasteiger partial charge in [0.2, 0.25) is 0 Å². The molecule has 0 fully saturated rings. The van der Waals surface area contributed by atoms with Gasteiger partial charge in [0.15, 0.2) is 0 Å². The molecule has 3 aromatic rings. The summed E-state index contributed by atoms with van der Waals surface area (Å²) in [5.41, 5.74) is 1.07. The quantitative estimate of drug-likeness (QED) is 0.689. The highest BCUT2D eigenvalue weighted by Crippen LogP contribution is 2.23. The summed E-state index contributed by atoms with van der Waals surface area (Å²) in [7, 11) is 1.28. The van der Waals surface area contributed by atoms with Crippen molar-refractivity contribution in [1.82, 2.24) is 0 Å². The van der Waals surface area contributed by atoms with Crippen LogP contribution in [-0.4, -0.2) is 19.0 Å². The van der Waals surface area contributed by atoms with E-state index in [2.05, 4.69) is 5.32 Å². The first-order valence-electron chi connectivity index (χ1n) is 7.99. The third kappa shape index (κ3) is 4.08. The minimum absolute atomic E-state index is 0.219. The summed E-state index contributed by atoms with van der Waals surface area (Å²) in [6, 6.07) is 22.9. The molecule has 0 heterocycles. The lowest BCUT2D eigenvalue weighted by molar-refractivity contribution is 0.0597. The molecule has 0 spiro atoms. The number of nitrogens with one attached hydrogen (secondary N) is 1. The molecule has 5 nitrogen and oxygen atoms in total. The van der Waals surface area contributed by atoms with Gasteiger partial charge in [0, 0.05) is 5.69 Å². The van der Waals surface area contributed by atoms with Crippen LogP contribution in [0.3, 0.4) is 0 Å². The van der Waals surface area contributed by atoms with Gasteiger partial charge in [0.05, 0.1) is 18.2 Å². The second-order valence-corrected chi connectivity index (χ2v) is 5.43. The fraction of sp³-hybridized carbons (Fsp3) is 0.0476. The van der Waals surface area contributed by atoms with Crippen LogP contribution in [0.2, 0.25) is 0 Å². The molecule has 0 atom stereocenters. The molecule has 0 aromatic heterocycles. The van der Waals surface area contributed by atoms with E-state index in [4.69, 9.17) is 9.47 Å². The first kappa shape index (κ1) is 17.2. The molecule has 0 unspecified atom stereocenters. The molecule has 0 aliphatic heterocycles. The molecule has 0 aliphatic carbocycles. The molecule has 5 heteroatoms. The number of benzene rings is 3. The Balaban J connectivity index is 1.72. The first-order chi connectivity index (χ1) is 12.7. The summed E-state index contributed by atoms with van der Waals surface area (Å²) in [6.07, 6.45) is 0. The van der Waals surface area contributed by atoms with Crippen molar-refractivity contribution in [3.8, 4) is 11.5 Å². The Morgan fingerprint density at radius 2 is 1.31 bits per heavy atom. The Bertz CT molecular complexity index is 905. The minimum Gasteiger partial charge on any atom is -0.465 e. The molecule has 0 radical (unpaired) electrons. The summed E-state index contributed by atoms with van der Waals surface area (Å²) in [5, 5.41) is 2.77. The predicted molar refractivity (Wildman–Crippen MR) is 98.7 cm³/mol. The zero-order valence-corrected chi connectivity index (χ0v) is 14.1. The van der Waals surface area contributed by atoms with Crippen LogP contribution in [0.1, 0.15) is 20.7 Å². The first-order valence-corrected chi connectivity index (χ1v) is 7.99. The predicted octanol–water partition coefficient (Wildman–Crippen LogP) is 4.52. The van der Waals surface area contributed by atoms with Gasteiger partial charge in [-0.05, 0) is 48.5 Å². The monoisotopic (exact) mass is 347 g/mol. The van der Waals surface area contributed by atoms with Gasteiger partial charge >= 0.3 is 5.97 Å². The Morgan fingerprint density at radius 3 is 1.96 bits per heavy atom. The second kappa shape index (κ2) is 7.98. The summed E-state index contributed by atoms with van der Waals surface area (Å²) < 4.78 is 10.4. The van der Waals surface area contributed by atoms with Gasteiger partial charge in [0.25, 0.3) is 5.91 Å². The summed E-state index contributed by atoms with van der Waals surface area (Å²) in [5.74, 6) is 0.450. The minimum atomic E-state index is -0.553. The van der Waals surface area contributed by atoms with E-state index in [0.29, 0.717) is 11.4 Å². The molecule has 1 N–H and O–H groups in total. The van der Waals surface area contributed by atoms with Crippen LogP contribution < -0.4 is 10.1 Å². The number of methoxy groups -OCH3 is 1. The molecule has 0 bridgehead atoms. The van der Waals surface area contributed by atoms with Crippen molar-refractivity contribution in [1.29, 1.82) is 0 Å². The fourth-order valence-corrected chi connectivity index (χ4v) is 2.40. The van der Waals surface area contributed by atoms with Crippen LogP contribution in [0.4, 0.5) is 5.69 Å². The number of ether oxygens (including phenoxy) is 2. The molecule has 1 amide bonds. The molecule has 3 rings (SSSR count). The Kier molecular flexibility index (Phi) is 5.29. The third-order valence-corrected chi connectivity index (χ3v) is 3.67. The van der Waals surface area contributed by atoms with Crippen molar-refractivity contribution in [2.45, 2.75) is 0 Å². The van der Waals surface area contributed by atoms with Crippen molar-refractivity contribution in [3.05, 3.63) is 90.0 Å². The molecule has 0 saturated heterocycles. The standard InChI is InChI=1S/C21H17NO4/c1-25-21(24)19-10-6-5-9-18(19)20(23)22-15-11-13-17(14-12-15)26-16-7-3-2-4-8-16/h2-14H,1H3,(H,22,23). The van der Waals surface area contributed by atoms with Gasteiger partial charge in [0.1, 0.15) is 11.5 Å². The smallest absolute Gasteiger partial charge is 0.338 e. The lowest BCUT2D eigenvalue weighted by atomic mass is 10.1. The SMILES string of the molecule is COC(=O)c1ccccc1C(=O)Nc1ccc(Oc2ccccc2)cc1. The topological polar surface area (TPSA) is 64.6 Å². The number of hydrogen-bond donors (Lipinski definition) is 1. The van der Waals surface area contributed by atoms with Gasteiger partial charge in [-0.15, -0.1) is 0 Å². The number of amides is 1. The van der Waals surface area contributed by atoms with Crippen LogP contribution in [-0.2, 0) is 4.74 Å². The van der Waals surface area contributed by atoms with Crippen molar-refractivity contribution < 1.29 is 19.1 Å². The van der Waals surface area contributed by atoms with Crippen molar-refractivity contribution in [3.63, 3.8) is 0 Å². The van der Waals surface area contributed by atoms with E-state index in [0.717, 1.165) is 5.75 Å². The maximum Gasteiger partial charge on any atom is 0.338 e. The average Bonchev–Trinajstić information content (AvgIpc) is 2.69. The molecular formula is C21H17NO4. The van der Waals surface area contributed by atoms with Crippen molar-refractivity contribution in [2.75, 3.05) is 12.4 Å². The maximum atomic E-state index is 12.5. The average molecular weight is 347 g/mol. The number of rotatable bonds is 5. The van der Waals surface area contributed by atoms with Gasteiger partial charge in [-0.1, -0.05) is 30.3 Å². The normalized spacial score (nSPS) is 10.0. The number of carbonyl (C=O) groups is 2.